The lowest BCUT2D eigenvalue weighted by Crippen LogP contribution is -2.43. The van der Waals surface area contributed by atoms with Crippen molar-refractivity contribution in [2.75, 3.05) is 25.6 Å². The highest BCUT2D eigenvalue weighted by Crippen LogP contribution is 2.46. The van der Waals surface area contributed by atoms with Crippen LogP contribution in [0.5, 0.6) is 0 Å². The molecule has 0 radical (unpaired) electrons. The molecule has 154 valence electrons. The molecular weight excluding hydrogens is 364 g/mol. The number of para-hydroxylation sites is 1. The molecule has 0 spiro atoms. The van der Waals surface area contributed by atoms with Crippen molar-refractivity contribution in [3.05, 3.63) is 65.7 Å². The van der Waals surface area contributed by atoms with Gasteiger partial charge in [-0.25, -0.2) is 0 Å². The van der Waals surface area contributed by atoms with Crippen molar-refractivity contribution in [2.45, 2.75) is 44.1 Å². The summed E-state index contributed by atoms with van der Waals surface area (Å²) in [5.41, 5.74) is 1.86. The first-order valence-electron chi connectivity index (χ1n) is 10.0. The van der Waals surface area contributed by atoms with Crippen molar-refractivity contribution in [3.8, 4) is 0 Å². The normalized spacial score (nSPS) is 18.6. The molecular formula is C24H30N2O3. The Labute approximate surface area is 173 Å². The summed E-state index contributed by atoms with van der Waals surface area (Å²) in [6, 6.07) is 17.9. The van der Waals surface area contributed by atoms with E-state index in [2.05, 4.69) is 5.32 Å². The second kappa shape index (κ2) is 8.37. The van der Waals surface area contributed by atoms with Gasteiger partial charge in [0.2, 0.25) is 11.8 Å². The molecule has 2 amide bonds. The number of methoxy groups -OCH3 is 1. The Hall–Kier alpha value is -2.66. The van der Waals surface area contributed by atoms with E-state index in [1.54, 1.807) is 12.0 Å². The van der Waals surface area contributed by atoms with Crippen LogP contribution in [0.1, 0.15) is 37.8 Å². The molecule has 0 bridgehead atoms. The zero-order valence-electron chi connectivity index (χ0n) is 17.7. The quantitative estimate of drug-likeness (QED) is 0.746. The molecule has 5 nitrogen and oxygen atoms in total. The fourth-order valence-electron chi connectivity index (χ4n) is 3.96. The molecule has 0 unspecified atom stereocenters. The number of nitrogens with one attached hydrogen (secondary N) is 1. The van der Waals surface area contributed by atoms with Crippen LogP contribution in [-0.4, -0.2) is 38.1 Å². The summed E-state index contributed by atoms with van der Waals surface area (Å²) in [5.74, 6) is -0.0185. The number of nitrogens with zero attached hydrogens (tertiary/aromatic N) is 1. The summed E-state index contributed by atoms with van der Waals surface area (Å²) in [6.07, 6.45) is 1.31. The highest BCUT2D eigenvalue weighted by molar-refractivity contribution is 6.08. The van der Waals surface area contributed by atoms with Crippen LogP contribution >= 0.6 is 0 Å². The summed E-state index contributed by atoms with van der Waals surface area (Å²) < 4.78 is 5.37. The predicted molar refractivity (Wildman–Crippen MR) is 115 cm³/mol. The van der Waals surface area contributed by atoms with Gasteiger partial charge in [0, 0.05) is 32.8 Å². The monoisotopic (exact) mass is 394 g/mol. The number of rotatable bonds is 8. The standard InChI is InChI=1S/C24H30N2O3/c1-23(2,29-4)17-25-21(27)14-15-24(16-18-10-6-5-7-11-18)19-12-8-9-13-20(19)26(3)22(24)28/h5-13H,14-17H2,1-4H3,(H,25,27)/t24-/m0/s1. The van der Waals surface area contributed by atoms with Gasteiger partial charge in [-0.15, -0.1) is 0 Å². The maximum Gasteiger partial charge on any atom is 0.237 e. The largest absolute Gasteiger partial charge is 0.377 e. The second-order valence-electron chi connectivity index (χ2n) is 8.37. The fourth-order valence-corrected chi connectivity index (χ4v) is 3.96. The van der Waals surface area contributed by atoms with Gasteiger partial charge in [-0.1, -0.05) is 48.5 Å². The summed E-state index contributed by atoms with van der Waals surface area (Å²) >= 11 is 0. The molecule has 2 aromatic rings. The Balaban J connectivity index is 1.85. The lowest BCUT2D eigenvalue weighted by Gasteiger charge is -2.29. The third-order valence-electron chi connectivity index (χ3n) is 5.89. The highest BCUT2D eigenvalue weighted by atomic mass is 16.5. The lowest BCUT2D eigenvalue weighted by atomic mass is 9.73. The molecule has 5 heteroatoms. The van der Waals surface area contributed by atoms with E-state index in [0.29, 0.717) is 19.4 Å². The first-order valence-corrected chi connectivity index (χ1v) is 10.0. The van der Waals surface area contributed by atoms with Crippen LogP contribution in [0.25, 0.3) is 0 Å². The average molecular weight is 395 g/mol. The molecule has 1 atom stereocenters. The first kappa shape index (κ1) is 21.1. The van der Waals surface area contributed by atoms with Crippen molar-refractivity contribution >= 4 is 17.5 Å². The third kappa shape index (κ3) is 4.35. The van der Waals surface area contributed by atoms with Crippen molar-refractivity contribution in [1.82, 2.24) is 5.32 Å². The van der Waals surface area contributed by atoms with E-state index in [9.17, 15) is 9.59 Å². The molecule has 0 aromatic heterocycles. The van der Waals surface area contributed by atoms with Crippen LogP contribution in [0.4, 0.5) is 5.69 Å². The van der Waals surface area contributed by atoms with Crippen LogP contribution < -0.4 is 10.2 Å². The summed E-state index contributed by atoms with van der Waals surface area (Å²) in [7, 11) is 3.44. The van der Waals surface area contributed by atoms with E-state index >= 15 is 0 Å². The number of carbonyl (C=O) groups is 2. The molecule has 2 aromatic carbocycles. The maximum absolute atomic E-state index is 13.4. The Bertz CT molecular complexity index is 879. The Morgan fingerprint density at radius 1 is 1.10 bits per heavy atom. The van der Waals surface area contributed by atoms with Crippen LogP contribution in [-0.2, 0) is 26.2 Å². The molecule has 1 aliphatic heterocycles. The number of anilines is 1. The van der Waals surface area contributed by atoms with Gasteiger partial charge < -0.3 is 15.0 Å². The maximum atomic E-state index is 13.4. The Morgan fingerprint density at radius 3 is 2.45 bits per heavy atom. The average Bonchev–Trinajstić information content (AvgIpc) is 2.94. The minimum Gasteiger partial charge on any atom is -0.377 e. The van der Waals surface area contributed by atoms with Crippen LogP contribution in [0.15, 0.2) is 54.6 Å². The number of fused-ring (bicyclic) bond motifs is 1. The van der Waals surface area contributed by atoms with Gasteiger partial charge in [0.15, 0.2) is 0 Å². The molecule has 0 saturated heterocycles. The zero-order valence-corrected chi connectivity index (χ0v) is 17.7. The summed E-state index contributed by atoms with van der Waals surface area (Å²) in [6.45, 7) is 4.28. The molecule has 1 N–H and O–H groups in total. The van der Waals surface area contributed by atoms with Gasteiger partial charge in [-0.3, -0.25) is 9.59 Å². The van der Waals surface area contributed by atoms with Gasteiger partial charge in [-0.2, -0.15) is 0 Å². The van der Waals surface area contributed by atoms with Crippen molar-refractivity contribution in [2.24, 2.45) is 0 Å². The van der Waals surface area contributed by atoms with Crippen LogP contribution in [0.3, 0.4) is 0 Å². The first-order chi connectivity index (χ1) is 13.8. The van der Waals surface area contributed by atoms with E-state index in [1.165, 1.54) is 0 Å². The number of likely N-dealkylation sites (N-methyl/N-ethyl adjacent to an activating group) is 1. The molecule has 3 rings (SSSR count). The van der Waals surface area contributed by atoms with E-state index < -0.39 is 11.0 Å². The van der Waals surface area contributed by atoms with E-state index in [0.717, 1.165) is 16.8 Å². The predicted octanol–water partition coefficient (Wildman–Crippen LogP) is 3.46. The third-order valence-corrected chi connectivity index (χ3v) is 5.89. The van der Waals surface area contributed by atoms with Gasteiger partial charge in [-0.05, 0) is 43.9 Å². The van der Waals surface area contributed by atoms with Crippen molar-refractivity contribution in [3.63, 3.8) is 0 Å². The number of ether oxygens (including phenoxy) is 1. The zero-order chi connectivity index (χ0) is 21.1. The van der Waals surface area contributed by atoms with Gasteiger partial charge in [0.05, 0.1) is 11.0 Å². The molecule has 29 heavy (non-hydrogen) atoms. The van der Waals surface area contributed by atoms with Crippen LogP contribution in [0, 0.1) is 0 Å². The second-order valence-corrected chi connectivity index (χ2v) is 8.37. The minimum absolute atomic E-state index is 0.0487. The van der Waals surface area contributed by atoms with E-state index in [4.69, 9.17) is 4.74 Å². The number of benzene rings is 2. The summed E-state index contributed by atoms with van der Waals surface area (Å²) in [5, 5.41) is 2.94. The highest BCUT2D eigenvalue weighted by Gasteiger charge is 2.49. The SMILES string of the molecule is COC(C)(C)CNC(=O)CC[C@@]1(Cc2ccccc2)C(=O)N(C)c2ccccc21. The van der Waals surface area contributed by atoms with Crippen molar-refractivity contribution < 1.29 is 14.3 Å². The number of carbonyl (C=O) groups excluding carboxylic acids is 2. The number of hydrogen-bond donors (Lipinski definition) is 1. The van der Waals surface area contributed by atoms with Gasteiger partial charge in [0.25, 0.3) is 0 Å². The molecule has 1 heterocycles. The van der Waals surface area contributed by atoms with Gasteiger partial charge >= 0.3 is 0 Å². The Kier molecular flexibility index (Phi) is 6.08. The van der Waals surface area contributed by atoms with E-state index in [1.807, 2.05) is 75.5 Å². The lowest BCUT2D eigenvalue weighted by molar-refractivity contribution is -0.125. The summed E-state index contributed by atoms with van der Waals surface area (Å²) in [4.78, 5) is 27.7. The van der Waals surface area contributed by atoms with Crippen LogP contribution in [0.2, 0.25) is 0 Å². The topological polar surface area (TPSA) is 58.6 Å². The smallest absolute Gasteiger partial charge is 0.237 e. The molecule has 0 fully saturated rings. The van der Waals surface area contributed by atoms with Crippen molar-refractivity contribution in [1.29, 1.82) is 0 Å². The molecule has 0 saturated carbocycles. The molecule has 1 aliphatic rings. The minimum atomic E-state index is -0.735. The number of hydrogen-bond acceptors (Lipinski definition) is 3. The molecule has 0 aliphatic carbocycles. The number of amides is 2. The van der Waals surface area contributed by atoms with Gasteiger partial charge in [0.1, 0.15) is 0 Å². The van der Waals surface area contributed by atoms with E-state index in [-0.39, 0.29) is 18.2 Å². The fraction of sp³-hybridized carbons (Fsp3) is 0.417. The Morgan fingerprint density at radius 2 is 1.76 bits per heavy atom.